The number of carbonyl (C=O) groups excluding carboxylic acids is 1. The maximum Gasteiger partial charge on any atom is 0.326 e. The summed E-state index contributed by atoms with van der Waals surface area (Å²) in [6.45, 7) is 2.50. The Bertz CT molecular complexity index is 390. The van der Waals surface area contributed by atoms with Crippen LogP contribution in [-0.2, 0) is 16.1 Å². The van der Waals surface area contributed by atoms with Crippen LogP contribution in [0.4, 0.5) is 0 Å². The van der Waals surface area contributed by atoms with Crippen molar-refractivity contribution in [3.63, 3.8) is 0 Å². The number of ether oxygens (including phenoxy) is 1. The second-order valence-electron chi connectivity index (χ2n) is 4.64. The molecule has 1 N–H and O–H groups in total. The van der Waals surface area contributed by atoms with Gasteiger partial charge in [0.1, 0.15) is 5.54 Å². The van der Waals surface area contributed by atoms with Crippen LogP contribution in [0.3, 0.4) is 0 Å². The molecule has 0 unspecified atom stereocenters. The molecule has 0 spiro atoms. The van der Waals surface area contributed by atoms with Crippen LogP contribution in [0.1, 0.15) is 25.5 Å². The Kier molecular flexibility index (Phi) is 3.43. The fourth-order valence-corrected chi connectivity index (χ4v) is 2.03. The number of hydrogen-bond donors (Lipinski definition) is 1. The van der Waals surface area contributed by atoms with Crippen LogP contribution in [0.5, 0.6) is 0 Å². The third kappa shape index (κ3) is 2.64. The summed E-state index contributed by atoms with van der Waals surface area (Å²) in [6.07, 6.45) is 3.92. The van der Waals surface area contributed by atoms with Crippen LogP contribution < -0.4 is 5.32 Å². The third-order valence-corrected chi connectivity index (χ3v) is 3.37. The number of nitrogens with zero attached hydrogens (tertiary/aromatic N) is 1. The Morgan fingerprint density at radius 1 is 1.59 bits per heavy atom. The molecule has 0 aliphatic heterocycles. The first-order valence-electron chi connectivity index (χ1n) is 5.90. The number of carbonyl (C=O) groups is 1. The van der Waals surface area contributed by atoms with Crippen LogP contribution >= 0.6 is 0 Å². The van der Waals surface area contributed by atoms with Gasteiger partial charge in [-0.05, 0) is 37.8 Å². The minimum atomic E-state index is -0.577. The molecule has 1 saturated carbocycles. The van der Waals surface area contributed by atoms with Crippen LogP contribution in [0.15, 0.2) is 24.4 Å². The van der Waals surface area contributed by atoms with Gasteiger partial charge in [-0.2, -0.15) is 0 Å². The van der Waals surface area contributed by atoms with E-state index in [9.17, 15) is 4.79 Å². The minimum Gasteiger partial charge on any atom is -0.468 e. The quantitative estimate of drug-likeness (QED) is 0.785. The predicted molar refractivity (Wildman–Crippen MR) is 64.2 cm³/mol. The molecule has 0 aromatic carbocycles. The Morgan fingerprint density at radius 3 is 2.88 bits per heavy atom. The molecule has 1 aromatic rings. The number of nitrogens with one attached hydrogen (secondary N) is 1. The van der Waals surface area contributed by atoms with Gasteiger partial charge in [0, 0.05) is 12.7 Å². The van der Waals surface area contributed by atoms with E-state index in [0.717, 1.165) is 18.5 Å². The van der Waals surface area contributed by atoms with Gasteiger partial charge in [-0.1, -0.05) is 6.07 Å². The zero-order valence-electron chi connectivity index (χ0n) is 10.3. The molecule has 0 bridgehead atoms. The first-order valence-corrected chi connectivity index (χ1v) is 5.90. The van der Waals surface area contributed by atoms with Crippen LogP contribution in [0.25, 0.3) is 0 Å². The highest BCUT2D eigenvalue weighted by molar-refractivity contribution is 5.81. The van der Waals surface area contributed by atoms with E-state index in [-0.39, 0.29) is 5.97 Å². The Balaban J connectivity index is 2.01. The summed E-state index contributed by atoms with van der Waals surface area (Å²) in [6, 6.07) is 5.76. The van der Waals surface area contributed by atoms with E-state index >= 15 is 0 Å². The molecule has 92 valence electrons. The number of esters is 1. The van der Waals surface area contributed by atoms with E-state index in [2.05, 4.69) is 10.3 Å². The van der Waals surface area contributed by atoms with Crippen LogP contribution in [0, 0.1) is 5.92 Å². The fraction of sp³-hybridized carbons (Fsp3) is 0.538. The lowest BCUT2D eigenvalue weighted by molar-refractivity contribution is -0.149. The SMILES string of the molecule is COC(=O)[C@@](C)(NCc1ccccn1)C1CC1. The van der Waals surface area contributed by atoms with E-state index in [1.54, 1.807) is 6.20 Å². The summed E-state index contributed by atoms with van der Waals surface area (Å²) >= 11 is 0. The normalized spacial score (nSPS) is 18.5. The fourth-order valence-electron chi connectivity index (χ4n) is 2.03. The molecule has 1 fully saturated rings. The maximum absolute atomic E-state index is 11.8. The van der Waals surface area contributed by atoms with Crippen molar-refractivity contribution in [2.45, 2.75) is 31.8 Å². The lowest BCUT2D eigenvalue weighted by atomic mass is 9.96. The largest absolute Gasteiger partial charge is 0.468 e. The smallest absolute Gasteiger partial charge is 0.326 e. The maximum atomic E-state index is 11.8. The summed E-state index contributed by atoms with van der Waals surface area (Å²) < 4.78 is 4.88. The van der Waals surface area contributed by atoms with Crippen LogP contribution in [-0.4, -0.2) is 23.6 Å². The molecule has 1 aromatic heterocycles. The van der Waals surface area contributed by atoms with Gasteiger partial charge in [0.15, 0.2) is 0 Å². The van der Waals surface area contributed by atoms with Gasteiger partial charge < -0.3 is 4.74 Å². The van der Waals surface area contributed by atoms with Gasteiger partial charge in [-0.25, -0.2) is 0 Å². The highest BCUT2D eigenvalue weighted by atomic mass is 16.5. The average molecular weight is 234 g/mol. The Labute approximate surface area is 101 Å². The lowest BCUT2D eigenvalue weighted by Crippen LogP contribution is -2.51. The number of pyridine rings is 1. The third-order valence-electron chi connectivity index (χ3n) is 3.37. The number of rotatable bonds is 5. The average Bonchev–Trinajstić information content (AvgIpc) is 3.20. The molecule has 1 heterocycles. The summed E-state index contributed by atoms with van der Waals surface area (Å²) in [5.74, 6) is 0.203. The van der Waals surface area contributed by atoms with Crippen molar-refractivity contribution >= 4 is 5.97 Å². The van der Waals surface area contributed by atoms with E-state index in [0.29, 0.717) is 12.5 Å². The van der Waals surface area contributed by atoms with E-state index in [4.69, 9.17) is 4.74 Å². The molecular formula is C13H18N2O2. The van der Waals surface area contributed by atoms with E-state index in [1.165, 1.54) is 7.11 Å². The van der Waals surface area contributed by atoms with Gasteiger partial charge in [-0.15, -0.1) is 0 Å². The number of aromatic nitrogens is 1. The van der Waals surface area contributed by atoms with Crippen molar-refractivity contribution in [3.8, 4) is 0 Å². The first kappa shape index (κ1) is 12.0. The van der Waals surface area contributed by atoms with Crippen molar-refractivity contribution in [2.24, 2.45) is 5.92 Å². The highest BCUT2D eigenvalue weighted by Crippen LogP contribution is 2.40. The predicted octanol–water partition coefficient (Wildman–Crippen LogP) is 1.51. The van der Waals surface area contributed by atoms with Crippen molar-refractivity contribution in [1.82, 2.24) is 10.3 Å². The molecule has 17 heavy (non-hydrogen) atoms. The number of methoxy groups -OCH3 is 1. The number of hydrogen-bond acceptors (Lipinski definition) is 4. The Morgan fingerprint density at radius 2 is 2.35 bits per heavy atom. The molecule has 0 radical (unpaired) electrons. The molecule has 1 aliphatic rings. The molecular weight excluding hydrogens is 216 g/mol. The van der Waals surface area contributed by atoms with Crippen LogP contribution in [0.2, 0.25) is 0 Å². The minimum absolute atomic E-state index is 0.184. The molecule has 0 saturated heterocycles. The second-order valence-corrected chi connectivity index (χ2v) is 4.64. The molecule has 1 aliphatic carbocycles. The first-order chi connectivity index (χ1) is 8.16. The van der Waals surface area contributed by atoms with Gasteiger partial charge >= 0.3 is 5.97 Å². The summed E-state index contributed by atoms with van der Waals surface area (Å²) in [7, 11) is 1.44. The van der Waals surface area contributed by atoms with Crippen molar-refractivity contribution in [3.05, 3.63) is 30.1 Å². The topological polar surface area (TPSA) is 51.2 Å². The van der Waals surface area contributed by atoms with Gasteiger partial charge in [0.05, 0.1) is 12.8 Å². The van der Waals surface area contributed by atoms with Crippen molar-refractivity contribution in [2.75, 3.05) is 7.11 Å². The zero-order chi connectivity index (χ0) is 12.3. The summed E-state index contributed by atoms with van der Waals surface area (Å²) in [4.78, 5) is 16.1. The molecule has 2 rings (SSSR count). The standard InChI is InChI=1S/C13H18N2O2/c1-13(10-6-7-10,12(16)17-2)15-9-11-5-3-4-8-14-11/h3-5,8,10,15H,6-7,9H2,1-2H3/t13-/m0/s1. The summed E-state index contributed by atoms with van der Waals surface area (Å²) in [5.41, 5.74) is 0.356. The zero-order valence-corrected chi connectivity index (χ0v) is 10.3. The second kappa shape index (κ2) is 4.84. The van der Waals surface area contributed by atoms with Gasteiger partial charge in [-0.3, -0.25) is 15.1 Å². The molecule has 0 amide bonds. The van der Waals surface area contributed by atoms with Gasteiger partial charge in [0.25, 0.3) is 0 Å². The van der Waals surface area contributed by atoms with Gasteiger partial charge in [0.2, 0.25) is 0 Å². The lowest BCUT2D eigenvalue weighted by Gasteiger charge is -2.27. The van der Waals surface area contributed by atoms with E-state index in [1.807, 2.05) is 25.1 Å². The summed E-state index contributed by atoms with van der Waals surface area (Å²) in [5, 5.41) is 3.29. The highest BCUT2D eigenvalue weighted by Gasteiger charge is 2.47. The van der Waals surface area contributed by atoms with Crippen molar-refractivity contribution in [1.29, 1.82) is 0 Å². The molecule has 4 heteroatoms. The van der Waals surface area contributed by atoms with E-state index < -0.39 is 5.54 Å². The monoisotopic (exact) mass is 234 g/mol. The molecule has 4 nitrogen and oxygen atoms in total. The Hall–Kier alpha value is -1.42. The van der Waals surface area contributed by atoms with Crippen molar-refractivity contribution < 1.29 is 9.53 Å². The molecule has 1 atom stereocenters.